The molecule has 4 rings (SSSR count). The first-order valence-electron chi connectivity index (χ1n) is 10.8. The van der Waals surface area contributed by atoms with Crippen molar-refractivity contribution in [2.45, 2.75) is 26.3 Å². The zero-order chi connectivity index (χ0) is 23.4. The van der Waals surface area contributed by atoms with Crippen molar-refractivity contribution in [2.75, 3.05) is 38.2 Å². The highest BCUT2D eigenvalue weighted by Gasteiger charge is 2.19. The number of pyridine rings is 1. The minimum atomic E-state index is -0.295. The molecule has 0 aliphatic carbocycles. The second-order valence-corrected chi connectivity index (χ2v) is 8.45. The maximum Gasteiger partial charge on any atom is 0.254 e. The van der Waals surface area contributed by atoms with Crippen LogP contribution in [0.25, 0.3) is 16.9 Å². The van der Waals surface area contributed by atoms with Gasteiger partial charge in [-0.15, -0.1) is 0 Å². The van der Waals surface area contributed by atoms with Gasteiger partial charge in [0.05, 0.1) is 53.1 Å². The van der Waals surface area contributed by atoms with Gasteiger partial charge in [0.2, 0.25) is 5.91 Å². The summed E-state index contributed by atoms with van der Waals surface area (Å²) in [6, 6.07) is 1.90. The Labute approximate surface area is 196 Å². The Kier molecular flexibility index (Phi) is 7.05. The largest absolute Gasteiger partial charge is 0.382 e. The Morgan fingerprint density at radius 2 is 1.97 bits per heavy atom. The molecule has 0 bridgehead atoms. The third kappa shape index (κ3) is 5.40. The highest BCUT2D eigenvalue weighted by atomic mass is 35.5. The molecule has 0 saturated carbocycles. The topological polar surface area (TPSA) is 114 Å². The summed E-state index contributed by atoms with van der Waals surface area (Å²) in [6.07, 6.45) is 6.65. The molecule has 0 atom stereocenters. The fourth-order valence-corrected chi connectivity index (χ4v) is 3.74. The number of nitrogens with zero attached hydrogens (tertiary/aromatic N) is 5. The maximum atomic E-state index is 12.9. The SMILES string of the molecule is CC(C)Nc1cc(-c2cnn3cc(Cl)cnc23)ncc1C(=O)NCCC(=O)N1CCOCC1. The van der Waals surface area contributed by atoms with E-state index in [4.69, 9.17) is 16.3 Å². The van der Waals surface area contributed by atoms with E-state index >= 15 is 0 Å². The molecule has 174 valence electrons. The van der Waals surface area contributed by atoms with Crippen LogP contribution in [0.2, 0.25) is 5.02 Å². The Balaban J connectivity index is 1.50. The molecule has 1 aliphatic rings. The summed E-state index contributed by atoms with van der Waals surface area (Å²) in [4.78, 5) is 35.8. The number of carbonyl (C=O) groups is 2. The fraction of sp³-hybridized carbons (Fsp3) is 0.409. The number of hydrogen-bond donors (Lipinski definition) is 2. The smallest absolute Gasteiger partial charge is 0.254 e. The quantitative estimate of drug-likeness (QED) is 0.543. The number of halogens is 1. The van der Waals surface area contributed by atoms with Gasteiger partial charge >= 0.3 is 0 Å². The summed E-state index contributed by atoms with van der Waals surface area (Å²) in [5, 5.41) is 10.9. The van der Waals surface area contributed by atoms with Crippen LogP contribution in [0, 0.1) is 0 Å². The van der Waals surface area contributed by atoms with Gasteiger partial charge in [0.1, 0.15) is 0 Å². The van der Waals surface area contributed by atoms with E-state index in [0.29, 0.717) is 53.9 Å². The molecule has 4 heterocycles. The molecule has 0 spiro atoms. The number of ether oxygens (including phenoxy) is 1. The average Bonchev–Trinajstić information content (AvgIpc) is 3.22. The highest BCUT2D eigenvalue weighted by Crippen LogP contribution is 2.27. The van der Waals surface area contributed by atoms with Crippen LogP contribution in [0.5, 0.6) is 0 Å². The van der Waals surface area contributed by atoms with Crippen LogP contribution < -0.4 is 10.6 Å². The van der Waals surface area contributed by atoms with Crippen LogP contribution in [0.3, 0.4) is 0 Å². The van der Waals surface area contributed by atoms with Gasteiger partial charge in [-0.25, -0.2) is 9.50 Å². The lowest BCUT2D eigenvalue weighted by Crippen LogP contribution is -2.42. The second-order valence-electron chi connectivity index (χ2n) is 8.01. The minimum Gasteiger partial charge on any atom is -0.382 e. The van der Waals surface area contributed by atoms with E-state index in [0.717, 1.165) is 5.56 Å². The van der Waals surface area contributed by atoms with Crippen molar-refractivity contribution in [3.8, 4) is 11.3 Å². The number of aromatic nitrogens is 4. The molecular formula is C22H26ClN7O3. The van der Waals surface area contributed by atoms with Gasteiger partial charge in [-0.1, -0.05) is 11.6 Å². The number of morpholine rings is 1. The van der Waals surface area contributed by atoms with Crippen LogP contribution in [-0.2, 0) is 9.53 Å². The highest BCUT2D eigenvalue weighted by molar-refractivity contribution is 6.30. The molecule has 10 nitrogen and oxygen atoms in total. The van der Waals surface area contributed by atoms with Gasteiger partial charge in [-0.2, -0.15) is 5.10 Å². The zero-order valence-corrected chi connectivity index (χ0v) is 19.3. The lowest BCUT2D eigenvalue weighted by Gasteiger charge is -2.26. The lowest BCUT2D eigenvalue weighted by atomic mass is 10.1. The van der Waals surface area contributed by atoms with Crippen LogP contribution in [0.15, 0.2) is 30.9 Å². The van der Waals surface area contributed by atoms with E-state index < -0.39 is 0 Å². The fourth-order valence-electron chi connectivity index (χ4n) is 3.60. The first-order chi connectivity index (χ1) is 15.9. The van der Waals surface area contributed by atoms with Crippen molar-refractivity contribution >= 4 is 34.7 Å². The summed E-state index contributed by atoms with van der Waals surface area (Å²) < 4.78 is 6.85. The first-order valence-corrected chi connectivity index (χ1v) is 11.2. The van der Waals surface area contributed by atoms with Gasteiger partial charge in [0.15, 0.2) is 5.65 Å². The van der Waals surface area contributed by atoms with Crippen molar-refractivity contribution in [3.63, 3.8) is 0 Å². The summed E-state index contributed by atoms with van der Waals surface area (Å²) in [5.74, 6) is -0.287. The summed E-state index contributed by atoms with van der Waals surface area (Å²) in [6.45, 7) is 6.50. The molecule has 1 aliphatic heterocycles. The molecule has 1 fully saturated rings. The van der Waals surface area contributed by atoms with Gasteiger partial charge in [-0.05, 0) is 19.9 Å². The molecular weight excluding hydrogens is 446 g/mol. The predicted octanol–water partition coefficient (Wildman–Crippen LogP) is 2.24. The second kappa shape index (κ2) is 10.1. The van der Waals surface area contributed by atoms with Gasteiger partial charge in [-0.3, -0.25) is 14.6 Å². The number of rotatable bonds is 7. The van der Waals surface area contributed by atoms with E-state index in [9.17, 15) is 9.59 Å². The van der Waals surface area contributed by atoms with Gasteiger partial charge in [0.25, 0.3) is 5.91 Å². The lowest BCUT2D eigenvalue weighted by molar-refractivity contribution is -0.135. The van der Waals surface area contributed by atoms with Crippen molar-refractivity contribution in [2.24, 2.45) is 0 Å². The molecule has 3 aromatic heterocycles. The number of carbonyl (C=O) groups excluding carboxylic acids is 2. The van der Waals surface area contributed by atoms with Crippen molar-refractivity contribution in [3.05, 3.63) is 41.4 Å². The first kappa shape index (κ1) is 22.9. The molecule has 3 aromatic rings. The van der Waals surface area contributed by atoms with Crippen LogP contribution >= 0.6 is 11.6 Å². The van der Waals surface area contributed by atoms with E-state index in [1.165, 1.54) is 6.20 Å². The molecule has 0 radical (unpaired) electrons. The Hall–Kier alpha value is -3.24. The van der Waals surface area contributed by atoms with E-state index in [2.05, 4.69) is 25.7 Å². The maximum absolute atomic E-state index is 12.9. The van der Waals surface area contributed by atoms with Gasteiger partial charge in [0, 0.05) is 44.5 Å². The monoisotopic (exact) mass is 471 g/mol. The molecule has 0 aromatic carbocycles. The molecule has 11 heteroatoms. The normalized spacial score (nSPS) is 14.0. The molecule has 0 unspecified atom stereocenters. The summed E-state index contributed by atoms with van der Waals surface area (Å²) >= 11 is 5.99. The van der Waals surface area contributed by atoms with E-state index in [1.54, 1.807) is 34.1 Å². The van der Waals surface area contributed by atoms with Crippen LogP contribution in [0.1, 0.15) is 30.6 Å². The van der Waals surface area contributed by atoms with Crippen molar-refractivity contribution in [1.29, 1.82) is 0 Å². The number of anilines is 1. The third-order valence-electron chi connectivity index (χ3n) is 5.18. The minimum absolute atomic E-state index is 0.00768. The van der Waals surface area contributed by atoms with E-state index in [-0.39, 0.29) is 30.8 Å². The number of amides is 2. The van der Waals surface area contributed by atoms with Gasteiger partial charge < -0.3 is 20.3 Å². The average molecular weight is 472 g/mol. The summed E-state index contributed by atoms with van der Waals surface area (Å²) in [7, 11) is 0. The molecule has 2 N–H and O–H groups in total. The van der Waals surface area contributed by atoms with Crippen molar-refractivity contribution in [1.82, 2.24) is 29.8 Å². The summed E-state index contributed by atoms with van der Waals surface area (Å²) in [5.41, 5.74) is 3.00. The molecule has 2 amide bonds. The Morgan fingerprint density at radius 1 is 1.18 bits per heavy atom. The number of nitrogens with one attached hydrogen (secondary N) is 2. The standard InChI is InChI=1S/C22H26ClN7O3/c1-14(2)28-19-9-18(16-12-27-30-13-15(23)10-26-21(16)30)25-11-17(19)22(32)24-4-3-20(31)29-5-7-33-8-6-29/h9-14H,3-8H2,1-2H3,(H,24,32)(H,25,28). The van der Waals surface area contributed by atoms with E-state index in [1.807, 2.05) is 13.8 Å². The number of fused-ring (bicyclic) bond motifs is 1. The van der Waals surface area contributed by atoms with Crippen LogP contribution in [0.4, 0.5) is 5.69 Å². The zero-order valence-electron chi connectivity index (χ0n) is 18.5. The predicted molar refractivity (Wildman–Crippen MR) is 124 cm³/mol. The van der Waals surface area contributed by atoms with Crippen LogP contribution in [-0.4, -0.2) is 75.2 Å². The number of hydrogen-bond acceptors (Lipinski definition) is 7. The Bertz CT molecular complexity index is 1160. The third-order valence-corrected chi connectivity index (χ3v) is 5.38. The molecule has 33 heavy (non-hydrogen) atoms. The molecule has 1 saturated heterocycles. The van der Waals surface area contributed by atoms with Crippen molar-refractivity contribution < 1.29 is 14.3 Å². The Morgan fingerprint density at radius 3 is 2.73 bits per heavy atom.